The molecular formula is C25H31NO5. The largest absolute Gasteiger partial charge is 0.468 e. The smallest absolute Gasteiger partial charge is 0.337 e. The lowest BCUT2D eigenvalue weighted by atomic mass is 9.68. The van der Waals surface area contributed by atoms with E-state index in [9.17, 15) is 14.4 Å². The number of Topliss-reactive ketones (excluding diaryl/α,β-unsaturated/α-hetero) is 1. The molecule has 1 N–H and O–H groups in total. The van der Waals surface area contributed by atoms with Crippen LogP contribution in [0.15, 0.2) is 46.8 Å². The van der Waals surface area contributed by atoms with E-state index in [2.05, 4.69) is 5.32 Å². The zero-order chi connectivity index (χ0) is 22.9. The SMILES string of the molecule is CC[C@H](C)OC(=O)C1=C(C)NC2=C(C(=O)[C@@H](C(=O)OC)[C@@H](C)C2)[C@@H]1c1ccccc1C. The van der Waals surface area contributed by atoms with Crippen LogP contribution in [0, 0.1) is 18.8 Å². The van der Waals surface area contributed by atoms with Crippen molar-refractivity contribution in [2.75, 3.05) is 7.11 Å². The fraction of sp³-hybridized carbons (Fsp3) is 0.480. The number of benzene rings is 1. The zero-order valence-electron chi connectivity index (χ0n) is 19.1. The third kappa shape index (κ3) is 4.16. The van der Waals surface area contributed by atoms with E-state index in [0.717, 1.165) is 16.8 Å². The van der Waals surface area contributed by atoms with Crippen LogP contribution >= 0.6 is 0 Å². The summed E-state index contributed by atoms with van der Waals surface area (Å²) < 4.78 is 10.6. The predicted molar refractivity (Wildman–Crippen MR) is 117 cm³/mol. The minimum absolute atomic E-state index is 0.204. The maximum atomic E-state index is 13.6. The quantitative estimate of drug-likeness (QED) is 0.568. The van der Waals surface area contributed by atoms with Gasteiger partial charge in [-0.15, -0.1) is 0 Å². The van der Waals surface area contributed by atoms with E-state index in [1.807, 2.05) is 58.9 Å². The molecule has 166 valence electrons. The third-order valence-electron chi connectivity index (χ3n) is 6.35. The molecule has 1 aliphatic heterocycles. The Morgan fingerprint density at radius 3 is 2.52 bits per heavy atom. The van der Waals surface area contributed by atoms with Crippen molar-refractivity contribution >= 4 is 17.7 Å². The molecule has 1 aromatic rings. The monoisotopic (exact) mass is 425 g/mol. The van der Waals surface area contributed by atoms with Crippen molar-refractivity contribution in [2.45, 2.75) is 59.5 Å². The second kappa shape index (κ2) is 9.08. The molecule has 0 fully saturated rings. The zero-order valence-corrected chi connectivity index (χ0v) is 19.1. The van der Waals surface area contributed by atoms with Crippen LogP contribution in [0.25, 0.3) is 0 Å². The number of hydrogen-bond acceptors (Lipinski definition) is 6. The Bertz CT molecular complexity index is 974. The van der Waals surface area contributed by atoms with Crippen molar-refractivity contribution in [3.8, 4) is 0 Å². The highest BCUT2D eigenvalue weighted by molar-refractivity contribution is 6.12. The maximum absolute atomic E-state index is 13.6. The molecule has 0 saturated carbocycles. The first kappa shape index (κ1) is 22.8. The van der Waals surface area contributed by atoms with E-state index in [1.165, 1.54) is 7.11 Å². The summed E-state index contributed by atoms with van der Waals surface area (Å²) in [5.41, 5.74) is 4.15. The van der Waals surface area contributed by atoms with Gasteiger partial charge in [0.1, 0.15) is 5.92 Å². The van der Waals surface area contributed by atoms with Gasteiger partial charge in [0.15, 0.2) is 5.78 Å². The lowest BCUT2D eigenvalue weighted by Crippen LogP contribution is -2.43. The van der Waals surface area contributed by atoms with E-state index in [1.54, 1.807) is 0 Å². The average molecular weight is 426 g/mol. The number of rotatable bonds is 5. The molecule has 0 spiro atoms. The van der Waals surface area contributed by atoms with E-state index in [0.29, 0.717) is 29.7 Å². The summed E-state index contributed by atoms with van der Waals surface area (Å²) >= 11 is 0. The van der Waals surface area contributed by atoms with Gasteiger partial charge in [-0.25, -0.2) is 4.79 Å². The Morgan fingerprint density at radius 2 is 1.90 bits per heavy atom. The molecule has 4 atom stereocenters. The minimum Gasteiger partial charge on any atom is -0.468 e. The minimum atomic E-state index is -0.887. The molecule has 1 aromatic carbocycles. The van der Waals surface area contributed by atoms with E-state index >= 15 is 0 Å². The van der Waals surface area contributed by atoms with Crippen LogP contribution in [-0.4, -0.2) is 30.9 Å². The van der Waals surface area contributed by atoms with Crippen LogP contribution < -0.4 is 5.32 Å². The van der Waals surface area contributed by atoms with Crippen molar-refractivity contribution in [3.63, 3.8) is 0 Å². The number of aryl methyl sites for hydroxylation is 1. The van der Waals surface area contributed by atoms with Crippen molar-refractivity contribution in [1.29, 1.82) is 0 Å². The number of hydrogen-bond donors (Lipinski definition) is 1. The summed E-state index contributed by atoms with van der Waals surface area (Å²) in [6, 6.07) is 7.70. The van der Waals surface area contributed by atoms with Gasteiger partial charge in [0.25, 0.3) is 0 Å². The van der Waals surface area contributed by atoms with Crippen molar-refractivity contribution in [2.24, 2.45) is 11.8 Å². The summed E-state index contributed by atoms with van der Waals surface area (Å²) in [4.78, 5) is 39.3. The molecule has 1 aliphatic carbocycles. The van der Waals surface area contributed by atoms with Crippen LogP contribution in [0.2, 0.25) is 0 Å². The highest BCUT2D eigenvalue weighted by Crippen LogP contribution is 2.46. The molecule has 0 bridgehead atoms. The Hall–Kier alpha value is -2.89. The molecule has 3 rings (SSSR count). The van der Waals surface area contributed by atoms with Crippen LogP contribution in [0.4, 0.5) is 0 Å². The Kier molecular flexibility index (Phi) is 6.68. The Balaban J connectivity index is 2.18. The number of esters is 2. The first-order valence-corrected chi connectivity index (χ1v) is 10.8. The molecule has 31 heavy (non-hydrogen) atoms. The topological polar surface area (TPSA) is 81.7 Å². The van der Waals surface area contributed by atoms with Crippen LogP contribution in [-0.2, 0) is 23.9 Å². The van der Waals surface area contributed by atoms with Crippen LogP contribution in [0.5, 0.6) is 0 Å². The van der Waals surface area contributed by atoms with Crippen molar-refractivity contribution in [1.82, 2.24) is 5.32 Å². The number of nitrogens with one attached hydrogen (secondary N) is 1. The maximum Gasteiger partial charge on any atom is 0.337 e. The number of carbonyl (C=O) groups excluding carboxylic acids is 3. The Labute approximate surface area is 183 Å². The number of carbonyl (C=O) groups is 3. The van der Waals surface area contributed by atoms with Gasteiger partial charge in [-0.05, 0) is 50.7 Å². The van der Waals surface area contributed by atoms with E-state index in [-0.39, 0.29) is 17.8 Å². The van der Waals surface area contributed by atoms with Gasteiger partial charge in [0, 0.05) is 22.9 Å². The number of ketones is 1. The number of methoxy groups -OCH3 is 1. The number of dihydropyridines is 1. The van der Waals surface area contributed by atoms with Gasteiger partial charge < -0.3 is 14.8 Å². The number of ether oxygens (including phenoxy) is 2. The van der Waals surface area contributed by atoms with E-state index in [4.69, 9.17) is 9.47 Å². The molecule has 1 heterocycles. The van der Waals surface area contributed by atoms with E-state index < -0.39 is 23.8 Å². The highest BCUT2D eigenvalue weighted by Gasteiger charge is 2.47. The number of allylic oxidation sites excluding steroid dienone is 3. The molecule has 0 unspecified atom stereocenters. The van der Waals surface area contributed by atoms with Crippen LogP contribution in [0.1, 0.15) is 57.6 Å². The van der Waals surface area contributed by atoms with Gasteiger partial charge in [-0.1, -0.05) is 38.1 Å². The standard InChI is InChI=1S/C25H31NO5/c1-7-15(4)31-25(29)20-16(5)26-18-12-14(3)19(24(28)30-6)23(27)22(18)21(20)17-11-9-8-10-13(17)2/h8-11,14-15,19,21,26H,7,12H2,1-6H3/t14-,15-,19-,21+/m0/s1. The fourth-order valence-electron chi connectivity index (χ4n) is 4.50. The van der Waals surface area contributed by atoms with Gasteiger partial charge in [0.2, 0.25) is 0 Å². The summed E-state index contributed by atoms with van der Waals surface area (Å²) in [5.74, 6) is -2.96. The second-order valence-corrected chi connectivity index (χ2v) is 8.52. The van der Waals surface area contributed by atoms with Crippen molar-refractivity contribution in [3.05, 3.63) is 57.9 Å². The lowest BCUT2D eigenvalue weighted by Gasteiger charge is -2.38. The van der Waals surface area contributed by atoms with Gasteiger partial charge in [-0.2, -0.15) is 0 Å². The summed E-state index contributed by atoms with van der Waals surface area (Å²) in [6.45, 7) is 9.46. The predicted octanol–water partition coefficient (Wildman–Crippen LogP) is 3.95. The first-order valence-electron chi connectivity index (χ1n) is 10.8. The molecule has 6 heteroatoms. The van der Waals surface area contributed by atoms with Crippen molar-refractivity contribution < 1.29 is 23.9 Å². The summed E-state index contributed by atoms with van der Waals surface area (Å²) in [5, 5.41) is 3.28. The van der Waals surface area contributed by atoms with Gasteiger partial charge >= 0.3 is 11.9 Å². The molecule has 6 nitrogen and oxygen atoms in total. The summed E-state index contributed by atoms with van der Waals surface area (Å²) in [6.07, 6.45) is 0.967. The molecule has 0 amide bonds. The second-order valence-electron chi connectivity index (χ2n) is 8.52. The molecule has 0 radical (unpaired) electrons. The highest BCUT2D eigenvalue weighted by atomic mass is 16.5. The normalized spacial score (nSPS) is 24.3. The van der Waals surface area contributed by atoms with Gasteiger partial charge in [-0.3, -0.25) is 9.59 Å². The molecule has 2 aliphatic rings. The average Bonchev–Trinajstić information content (AvgIpc) is 2.72. The third-order valence-corrected chi connectivity index (χ3v) is 6.35. The molecule has 0 aromatic heterocycles. The molecular weight excluding hydrogens is 394 g/mol. The van der Waals surface area contributed by atoms with Crippen LogP contribution in [0.3, 0.4) is 0 Å². The lowest BCUT2D eigenvalue weighted by molar-refractivity contribution is -0.151. The fourth-order valence-corrected chi connectivity index (χ4v) is 4.50. The first-order chi connectivity index (χ1) is 14.7. The summed E-state index contributed by atoms with van der Waals surface area (Å²) in [7, 11) is 1.29. The van der Waals surface area contributed by atoms with Gasteiger partial charge in [0.05, 0.1) is 18.8 Å². The Morgan fingerprint density at radius 1 is 1.23 bits per heavy atom. The molecule has 0 saturated heterocycles.